The van der Waals surface area contributed by atoms with Crippen LogP contribution in [-0.2, 0) is 19.1 Å². The van der Waals surface area contributed by atoms with Crippen LogP contribution in [0.3, 0.4) is 0 Å². The Hall–Kier alpha value is -2.29. The predicted octanol–water partition coefficient (Wildman–Crippen LogP) is 0.709. The van der Waals surface area contributed by atoms with E-state index in [0.29, 0.717) is 6.42 Å². The monoisotopic (exact) mass is 344 g/mol. The van der Waals surface area contributed by atoms with Crippen LogP contribution in [0, 0.1) is 0 Å². The zero-order valence-electron chi connectivity index (χ0n) is 13.4. The molecule has 4 atom stereocenters. The first-order chi connectivity index (χ1) is 11.3. The molecular formula is C15H21FN2O6. The number of halogens is 1. The molecule has 0 aromatic carbocycles. The number of nitrogens with one attached hydrogen (secondary N) is 1. The van der Waals surface area contributed by atoms with Gasteiger partial charge in [0.15, 0.2) is 18.5 Å². The summed E-state index contributed by atoms with van der Waals surface area (Å²) < 4.78 is 26.2. The van der Waals surface area contributed by atoms with Crippen molar-refractivity contribution in [3.8, 4) is 0 Å². The number of Topliss-reactive ketones (excluding diaryl/α,β-unsaturated/α-hetero) is 1. The highest BCUT2D eigenvalue weighted by atomic mass is 19.1. The van der Waals surface area contributed by atoms with E-state index in [1.807, 2.05) is 4.98 Å². The summed E-state index contributed by atoms with van der Waals surface area (Å²) in [5.74, 6) is -0.870. The van der Waals surface area contributed by atoms with Crippen LogP contribution in [0.25, 0.3) is 0 Å². The third kappa shape index (κ3) is 3.97. The average Bonchev–Trinajstić information content (AvgIpc) is 2.82. The van der Waals surface area contributed by atoms with Gasteiger partial charge in [0.05, 0.1) is 6.42 Å². The summed E-state index contributed by atoms with van der Waals surface area (Å²) in [5, 5.41) is 0. The third-order valence-corrected chi connectivity index (χ3v) is 3.74. The van der Waals surface area contributed by atoms with Crippen molar-refractivity contribution in [2.24, 2.45) is 0 Å². The Bertz CT molecular complexity index is 733. The maximum Gasteiger partial charge on any atom is 0.330 e. The van der Waals surface area contributed by atoms with Crippen LogP contribution in [0.1, 0.15) is 40.8 Å². The molecule has 24 heavy (non-hydrogen) atoms. The number of carbonyl (C=O) groups excluding carboxylic acids is 2. The molecule has 1 fully saturated rings. The second kappa shape index (κ2) is 7.52. The first kappa shape index (κ1) is 18.1. The Labute approximate surface area is 138 Å². The van der Waals surface area contributed by atoms with Crippen molar-refractivity contribution in [1.29, 1.82) is 0 Å². The lowest BCUT2D eigenvalue weighted by Gasteiger charge is -2.18. The lowest BCUT2D eigenvalue weighted by Crippen LogP contribution is -2.37. The number of aromatic nitrogens is 2. The summed E-state index contributed by atoms with van der Waals surface area (Å²) in [6.07, 6.45) is -3.63. The molecule has 1 N–H and O–H groups in total. The first-order valence-electron chi connectivity index (χ1n) is 7.63. The molecule has 1 aromatic heterocycles. The van der Waals surface area contributed by atoms with Gasteiger partial charge in [-0.2, -0.15) is 0 Å². The zero-order chi connectivity index (χ0) is 17.9. The number of esters is 1. The van der Waals surface area contributed by atoms with E-state index in [1.54, 1.807) is 6.92 Å². The third-order valence-electron chi connectivity index (χ3n) is 3.74. The molecule has 9 heteroatoms. The van der Waals surface area contributed by atoms with E-state index in [0.717, 1.165) is 16.8 Å². The summed E-state index contributed by atoms with van der Waals surface area (Å²) in [5.41, 5.74) is -1.42. The first-order valence-corrected chi connectivity index (χ1v) is 7.63. The molecule has 0 bridgehead atoms. The maximum absolute atomic E-state index is 14.7. The van der Waals surface area contributed by atoms with Crippen LogP contribution in [0.2, 0.25) is 0 Å². The number of ether oxygens (including phenoxy) is 2. The molecule has 2 heterocycles. The summed E-state index contributed by atoms with van der Waals surface area (Å²) in [6.45, 7) is 3.07. The Morgan fingerprint density at radius 1 is 1.42 bits per heavy atom. The molecular weight excluding hydrogens is 323 g/mol. The molecule has 134 valence electrons. The van der Waals surface area contributed by atoms with E-state index >= 15 is 0 Å². The maximum atomic E-state index is 14.7. The standard InChI is InChI=1S/C15H19FN2O6.H2/c1-3-9-13(24-11(21)5-4-8(2)19)12(16)14(23-9)18-7-6-10(20)17-15(18)22;/h6-7,9,12-14H,3-5H2,1-2H3,(H,17,20,22);1H/t9-,12?,13+,14-;/m1./s1. The van der Waals surface area contributed by atoms with Gasteiger partial charge in [0, 0.05) is 20.1 Å². The SMILES string of the molecule is CC[C@H]1O[C@@H](n2ccc(=O)[nH]c2=O)C(F)[C@H]1OC(=O)CCC(C)=O.[HH]. The van der Waals surface area contributed by atoms with Crippen molar-refractivity contribution in [3.05, 3.63) is 33.1 Å². The fourth-order valence-corrected chi connectivity index (χ4v) is 2.50. The Morgan fingerprint density at radius 2 is 2.12 bits per heavy atom. The summed E-state index contributed by atoms with van der Waals surface area (Å²) in [4.78, 5) is 47.6. The van der Waals surface area contributed by atoms with Gasteiger partial charge in [0.2, 0.25) is 0 Å². The highest BCUT2D eigenvalue weighted by Crippen LogP contribution is 2.34. The quantitative estimate of drug-likeness (QED) is 0.762. The lowest BCUT2D eigenvalue weighted by atomic mass is 10.1. The van der Waals surface area contributed by atoms with Crippen LogP contribution in [0.5, 0.6) is 0 Å². The van der Waals surface area contributed by atoms with Gasteiger partial charge in [0.1, 0.15) is 11.9 Å². The molecule has 0 radical (unpaired) electrons. The number of carbonyl (C=O) groups is 2. The van der Waals surface area contributed by atoms with Crippen molar-refractivity contribution in [3.63, 3.8) is 0 Å². The molecule has 0 amide bonds. The average molecular weight is 344 g/mol. The molecule has 1 aromatic rings. The molecule has 0 saturated carbocycles. The van der Waals surface area contributed by atoms with E-state index in [1.165, 1.54) is 6.92 Å². The molecule has 0 spiro atoms. The number of nitrogens with zero attached hydrogens (tertiary/aromatic N) is 1. The number of aromatic amines is 1. The van der Waals surface area contributed by atoms with Gasteiger partial charge in [0.25, 0.3) is 5.56 Å². The van der Waals surface area contributed by atoms with Crippen LogP contribution in [0.15, 0.2) is 21.9 Å². The van der Waals surface area contributed by atoms with Gasteiger partial charge in [-0.25, -0.2) is 9.18 Å². The lowest BCUT2D eigenvalue weighted by molar-refractivity contribution is -0.154. The fraction of sp³-hybridized carbons (Fsp3) is 0.600. The number of rotatable bonds is 6. The minimum absolute atomic E-state index is 0. The molecule has 2 rings (SSSR count). The van der Waals surface area contributed by atoms with Crippen molar-refractivity contribution in [2.45, 2.75) is 57.7 Å². The van der Waals surface area contributed by atoms with Gasteiger partial charge < -0.3 is 14.3 Å². The topological polar surface area (TPSA) is 107 Å². The largest absolute Gasteiger partial charge is 0.456 e. The second-order valence-corrected chi connectivity index (χ2v) is 5.59. The van der Waals surface area contributed by atoms with E-state index in [9.17, 15) is 23.6 Å². The second-order valence-electron chi connectivity index (χ2n) is 5.59. The smallest absolute Gasteiger partial charge is 0.330 e. The van der Waals surface area contributed by atoms with Crippen LogP contribution in [-0.4, -0.2) is 39.7 Å². The van der Waals surface area contributed by atoms with E-state index < -0.39 is 41.8 Å². The molecule has 1 saturated heterocycles. The van der Waals surface area contributed by atoms with Crippen LogP contribution >= 0.6 is 0 Å². The van der Waals surface area contributed by atoms with Crippen molar-refractivity contribution < 1.29 is 24.9 Å². The van der Waals surface area contributed by atoms with E-state index in [2.05, 4.69) is 0 Å². The van der Waals surface area contributed by atoms with E-state index in [-0.39, 0.29) is 20.1 Å². The minimum Gasteiger partial charge on any atom is -0.456 e. The number of ketones is 1. The summed E-state index contributed by atoms with van der Waals surface area (Å²) >= 11 is 0. The highest BCUT2D eigenvalue weighted by Gasteiger charge is 2.48. The van der Waals surface area contributed by atoms with Crippen molar-refractivity contribution in [2.75, 3.05) is 0 Å². The summed E-state index contributed by atoms with van der Waals surface area (Å²) in [7, 11) is 0. The Kier molecular flexibility index (Phi) is 5.66. The van der Waals surface area contributed by atoms with Crippen LogP contribution in [0.4, 0.5) is 4.39 Å². The Morgan fingerprint density at radius 3 is 2.71 bits per heavy atom. The van der Waals surface area contributed by atoms with E-state index in [4.69, 9.17) is 9.47 Å². The molecule has 1 aliphatic rings. The molecule has 1 unspecified atom stereocenters. The Balaban J connectivity index is 0.00000312. The molecule has 0 aliphatic carbocycles. The van der Waals surface area contributed by atoms with Gasteiger partial charge in [-0.15, -0.1) is 0 Å². The molecule has 1 aliphatic heterocycles. The predicted molar refractivity (Wildman–Crippen MR) is 82.3 cm³/mol. The summed E-state index contributed by atoms with van der Waals surface area (Å²) in [6, 6.07) is 1.07. The zero-order valence-corrected chi connectivity index (χ0v) is 13.4. The minimum atomic E-state index is -1.78. The van der Waals surface area contributed by atoms with Crippen LogP contribution < -0.4 is 11.2 Å². The van der Waals surface area contributed by atoms with Gasteiger partial charge >= 0.3 is 11.7 Å². The van der Waals surface area contributed by atoms with Crippen molar-refractivity contribution in [1.82, 2.24) is 9.55 Å². The fourth-order valence-electron chi connectivity index (χ4n) is 2.50. The van der Waals surface area contributed by atoms with Gasteiger partial charge in [-0.05, 0) is 13.3 Å². The normalized spacial score (nSPS) is 26.3. The van der Waals surface area contributed by atoms with Gasteiger partial charge in [-0.3, -0.25) is 19.1 Å². The number of hydrogen-bond acceptors (Lipinski definition) is 6. The molecule has 8 nitrogen and oxygen atoms in total. The van der Waals surface area contributed by atoms with Crippen molar-refractivity contribution >= 4 is 11.8 Å². The van der Waals surface area contributed by atoms with Gasteiger partial charge in [-0.1, -0.05) is 6.92 Å². The highest BCUT2D eigenvalue weighted by molar-refractivity contribution is 5.81. The number of alkyl halides is 1. The number of hydrogen-bond donors (Lipinski definition) is 1. The number of H-pyrrole nitrogens is 1.